The van der Waals surface area contributed by atoms with Gasteiger partial charge >= 0.3 is 0 Å². The Balaban J connectivity index is 3.00. The number of nitrogens with zero attached hydrogens (tertiary/aromatic N) is 2. The highest BCUT2D eigenvalue weighted by Crippen LogP contribution is 2.23. The molecule has 0 spiro atoms. The van der Waals surface area contributed by atoms with E-state index in [0.717, 1.165) is 4.31 Å². The van der Waals surface area contributed by atoms with Crippen LogP contribution < -0.4 is 5.73 Å². The summed E-state index contributed by atoms with van der Waals surface area (Å²) in [4.78, 5) is 3.68. The number of halogens is 1. The van der Waals surface area contributed by atoms with Gasteiger partial charge in [0.1, 0.15) is 10.7 Å². The Labute approximate surface area is 120 Å². The summed E-state index contributed by atoms with van der Waals surface area (Å²) < 4.78 is 30.8. The molecule has 0 aromatic carbocycles. The minimum absolute atomic E-state index is 0.0477. The first kappa shape index (κ1) is 16.3. The van der Waals surface area contributed by atoms with Crippen LogP contribution in [-0.4, -0.2) is 56.2 Å². The van der Waals surface area contributed by atoms with E-state index < -0.39 is 16.1 Å². The van der Waals surface area contributed by atoms with Gasteiger partial charge in [0, 0.05) is 31.4 Å². The molecular formula is C10H16BrN3O4S. The number of aliphatic hydroxyl groups is 1. The Morgan fingerprint density at radius 2 is 2.26 bits per heavy atom. The lowest BCUT2D eigenvalue weighted by atomic mass is 10.4. The van der Waals surface area contributed by atoms with Crippen LogP contribution >= 0.6 is 15.9 Å². The zero-order chi connectivity index (χ0) is 14.6. The lowest BCUT2D eigenvalue weighted by Crippen LogP contribution is -2.36. The number of likely N-dealkylation sites (N-methyl/N-ethyl adjacent to an activating group) is 1. The average molecular weight is 354 g/mol. The number of nitrogens with two attached hydrogens (primary N) is 1. The second-order valence-corrected chi connectivity index (χ2v) is 6.86. The van der Waals surface area contributed by atoms with E-state index in [1.807, 2.05) is 0 Å². The highest BCUT2D eigenvalue weighted by Gasteiger charge is 2.26. The number of hydrogen-bond donors (Lipinski definition) is 2. The average Bonchev–Trinajstić information content (AvgIpc) is 2.32. The molecule has 19 heavy (non-hydrogen) atoms. The maximum Gasteiger partial charge on any atom is 0.246 e. The molecule has 0 radical (unpaired) electrons. The van der Waals surface area contributed by atoms with E-state index in [4.69, 9.17) is 10.5 Å². The Kier molecular flexibility index (Phi) is 5.68. The Morgan fingerprint density at radius 3 is 2.84 bits per heavy atom. The van der Waals surface area contributed by atoms with Gasteiger partial charge in [0.15, 0.2) is 0 Å². The molecular weight excluding hydrogens is 338 g/mol. The van der Waals surface area contributed by atoms with Crippen LogP contribution in [0.5, 0.6) is 0 Å². The van der Waals surface area contributed by atoms with E-state index >= 15 is 0 Å². The zero-order valence-corrected chi connectivity index (χ0v) is 13.0. The van der Waals surface area contributed by atoms with Gasteiger partial charge in [-0.1, -0.05) is 0 Å². The van der Waals surface area contributed by atoms with Crippen LogP contribution in [0, 0.1) is 0 Å². The topological polar surface area (TPSA) is 106 Å². The highest BCUT2D eigenvalue weighted by molar-refractivity contribution is 9.10. The Morgan fingerprint density at radius 1 is 1.63 bits per heavy atom. The van der Waals surface area contributed by atoms with Crippen molar-refractivity contribution in [2.24, 2.45) is 0 Å². The van der Waals surface area contributed by atoms with Crippen LogP contribution in [0.3, 0.4) is 0 Å². The second-order valence-electron chi connectivity index (χ2n) is 3.93. The van der Waals surface area contributed by atoms with Gasteiger partial charge in [-0.25, -0.2) is 13.4 Å². The van der Waals surface area contributed by atoms with E-state index in [1.54, 1.807) is 0 Å². The SMILES string of the molecule is COCC(O)CN(C)S(=O)(=O)c1cc(Br)cnc1N. The van der Waals surface area contributed by atoms with Gasteiger partial charge in [0.05, 0.1) is 12.7 Å². The summed E-state index contributed by atoms with van der Waals surface area (Å²) in [5, 5.41) is 9.57. The van der Waals surface area contributed by atoms with Crippen LogP contribution in [0.15, 0.2) is 21.6 Å². The summed E-state index contributed by atoms with van der Waals surface area (Å²) in [5.74, 6) is -0.0868. The molecule has 0 fully saturated rings. The fourth-order valence-corrected chi connectivity index (χ4v) is 3.23. The van der Waals surface area contributed by atoms with Gasteiger partial charge in [-0.3, -0.25) is 0 Å². The molecule has 0 aliphatic heterocycles. The maximum absolute atomic E-state index is 12.3. The number of sulfonamides is 1. The standard InChI is InChI=1S/C10H16BrN3O4S/c1-14(5-8(15)6-18-2)19(16,17)9-3-7(11)4-13-10(9)12/h3-4,8,15H,5-6H2,1-2H3,(H2,12,13). The molecule has 0 saturated heterocycles. The first-order valence-corrected chi connectivity index (χ1v) is 7.56. The number of rotatable bonds is 6. The van der Waals surface area contributed by atoms with Gasteiger partial charge in [-0.15, -0.1) is 0 Å². The van der Waals surface area contributed by atoms with Crippen molar-refractivity contribution in [3.8, 4) is 0 Å². The van der Waals surface area contributed by atoms with E-state index in [1.165, 1.54) is 26.4 Å². The van der Waals surface area contributed by atoms with Crippen LogP contribution in [-0.2, 0) is 14.8 Å². The van der Waals surface area contributed by atoms with Gasteiger partial charge in [-0.2, -0.15) is 4.31 Å². The van der Waals surface area contributed by atoms with Gasteiger partial charge in [-0.05, 0) is 22.0 Å². The molecule has 1 heterocycles. The molecule has 1 atom stereocenters. The third kappa shape index (κ3) is 4.11. The lowest BCUT2D eigenvalue weighted by Gasteiger charge is -2.20. The molecule has 0 saturated carbocycles. The van der Waals surface area contributed by atoms with Gasteiger partial charge < -0.3 is 15.6 Å². The minimum Gasteiger partial charge on any atom is -0.389 e. The third-order valence-electron chi connectivity index (χ3n) is 2.36. The van der Waals surface area contributed by atoms with Crippen molar-refractivity contribution >= 4 is 31.8 Å². The molecule has 0 aliphatic rings. The predicted molar refractivity (Wildman–Crippen MR) is 74.0 cm³/mol. The molecule has 0 bridgehead atoms. The van der Waals surface area contributed by atoms with E-state index in [-0.39, 0.29) is 23.9 Å². The van der Waals surface area contributed by atoms with E-state index in [0.29, 0.717) is 4.47 Å². The highest BCUT2D eigenvalue weighted by atomic mass is 79.9. The molecule has 1 aromatic rings. The van der Waals surface area contributed by atoms with Gasteiger partial charge in [0.25, 0.3) is 0 Å². The maximum atomic E-state index is 12.3. The van der Waals surface area contributed by atoms with Crippen molar-refractivity contribution < 1.29 is 18.3 Å². The number of pyridine rings is 1. The molecule has 9 heteroatoms. The smallest absolute Gasteiger partial charge is 0.246 e. The van der Waals surface area contributed by atoms with Crippen LogP contribution in [0.4, 0.5) is 5.82 Å². The van der Waals surface area contributed by atoms with Crippen molar-refractivity contribution in [2.45, 2.75) is 11.0 Å². The van der Waals surface area contributed by atoms with Crippen molar-refractivity contribution in [3.63, 3.8) is 0 Å². The fraction of sp³-hybridized carbons (Fsp3) is 0.500. The molecule has 1 aromatic heterocycles. The third-order valence-corrected chi connectivity index (χ3v) is 4.65. The molecule has 1 unspecified atom stereocenters. The summed E-state index contributed by atoms with van der Waals surface area (Å²) in [6.07, 6.45) is 0.500. The van der Waals surface area contributed by atoms with Crippen LogP contribution in [0.25, 0.3) is 0 Å². The zero-order valence-electron chi connectivity index (χ0n) is 10.6. The Bertz CT molecular complexity index is 538. The summed E-state index contributed by atoms with van der Waals surface area (Å²) in [5.41, 5.74) is 5.58. The van der Waals surface area contributed by atoms with Crippen molar-refractivity contribution in [1.29, 1.82) is 0 Å². The van der Waals surface area contributed by atoms with Crippen molar-refractivity contribution in [1.82, 2.24) is 9.29 Å². The lowest BCUT2D eigenvalue weighted by molar-refractivity contribution is 0.0554. The van der Waals surface area contributed by atoms with Gasteiger partial charge in [0.2, 0.25) is 10.0 Å². The molecule has 0 amide bonds. The first-order valence-electron chi connectivity index (χ1n) is 5.33. The number of anilines is 1. The molecule has 1 rings (SSSR count). The molecule has 7 nitrogen and oxygen atoms in total. The monoisotopic (exact) mass is 353 g/mol. The fourth-order valence-electron chi connectivity index (χ4n) is 1.45. The normalized spacial score (nSPS) is 13.7. The van der Waals surface area contributed by atoms with E-state index in [2.05, 4.69) is 20.9 Å². The van der Waals surface area contributed by atoms with Crippen LogP contribution in [0.1, 0.15) is 0 Å². The second kappa shape index (κ2) is 6.62. The number of methoxy groups -OCH3 is 1. The summed E-state index contributed by atoms with van der Waals surface area (Å²) in [6.45, 7) is -0.0474. The number of nitrogen functional groups attached to an aromatic ring is 1. The van der Waals surface area contributed by atoms with Crippen LogP contribution in [0.2, 0.25) is 0 Å². The van der Waals surface area contributed by atoms with Crippen molar-refractivity contribution in [3.05, 3.63) is 16.7 Å². The summed E-state index contributed by atoms with van der Waals surface area (Å²) >= 11 is 3.14. The van der Waals surface area contributed by atoms with E-state index in [9.17, 15) is 13.5 Å². The predicted octanol–water partition coefficient (Wildman–Crippen LogP) is 0.0541. The Hall–Kier alpha value is -0.740. The molecule has 0 aliphatic carbocycles. The molecule has 3 N–H and O–H groups in total. The largest absolute Gasteiger partial charge is 0.389 e. The summed E-state index contributed by atoms with van der Waals surface area (Å²) in [6, 6.07) is 1.37. The number of aromatic nitrogens is 1. The van der Waals surface area contributed by atoms with Crippen molar-refractivity contribution in [2.75, 3.05) is 33.0 Å². The number of hydrogen-bond acceptors (Lipinski definition) is 6. The quantitative estimate of drug-likeness (QED) is 0.748. The molecule has 108 valence electrons. The number of ether oxygens (including phenoxy) is 1. The minimum atomic E-state index is -3.81. The summed E-state index contributed by atoms with van der Waals surface area (Å²) in [7, 11) is -1.03. The first-order chi connectivity index (χ1) is 8.78. The number of aliphatic hydroxyl groups excluding tert-OH is 1.